The molecule has 1 saturated carbocycles. The van der Waals surface area contributed by atoms with Gasteiger partial charge >= 0.3 is 0 Å². The number of rotatable bonds is 17. The van der Waals surface area contributed by atoms with E-state index in [2.05, 4.69) is 36.8 Å². The van der Waals surface area contributed by atoms with E-state index in [1.54, 1.807) is 58.8 Å². The fourth-order valence-corrected chi connectivity index (χ4v) is 11.7. The van der Waals surface area contributed by atoms with Crippen molar-refractivity contribution in [2.45, 2.75) is 132 Å². The number of aliphatic hydroxyl groups is 1. The summed E-state index contributed by atoms with van der Waals surface area (Å²) in [5.74, 6) is 0.304. The highest BCUT2D eigenvalue weighted by Crippen LogP contribution is 2.40. The Labute approximate surface area is 421 Å². The van der Waals surface area contributed by atoms with E-state index >= 15 is 0 Å². The highest BCUT2D eigenvalue weighted by molar-refractivity contribution is 7.90. The average Bonchev–Trinajstić information content (AvgIpc) is 4.19. The Kier molecular flexibility index (Phi) is 14.1. The first-order chi connectivity index (χ1) is 35.1. The number of nitrogens with one attached hydrogen (secondary N) is 2. The van der Waals surface area contributed by atoms with Crippen LogP contribution in [-0.2, 0) is 48.4 Å². The van der Waals surface area contributed by atoms with E-state index in [0.29, 0.717) is 82.0 Å². The lowest BCUT2D eigenvalue weighted by molar-refractivity contribution is -0.143. The number of aromatic nitrogens is 11. The second-order valence-corrected chi connectivity index (χ2v) is 22.1. The average molecular weight is 1030 g/mol. The van der Waals surface area contributed by atoms with Crippen LogP contribution in [0, 0.1) is 0 Å². The predicted octanol–water partition coefficient (Wildman–Crippen LogP) is 6.11. The molecule has 2 fully saturated rings. The third-order valence-electron chi connectivity index (χ3n) is 14.5. The van der Waals surface area contributed by atoms with E-state index < -0.39 is 33.7 Å². The van der Waals surface area contributed by atoms with Crippen LogP contribution in [0.4, 0.5) is 20.7 Å². The van der Waals surface area contributed by atoms with Crippen molar-refractivity contribution in [3.63, 3.8) is 0 Å². The Morgan fingerprint density at radius 3 is 2.15 bits per heavy atom. The predicted molar refractivity (Wildman–Crippen MR) is 267 cm³/mol. The van der Waals surface area contributed by atoms with E-state index in [9.17, 15) is 27.1 Å². The minimum Gasteiger partial charge on any atom is -0.393 e. The molecule has 20 nitrogen and oxygen atoms in total. The number of hydrogen-bond acceptors (Lipinski definition) is 15. The third kappa shape index (κ3) is 10.3. The Balaban J connectivity index is 0.890. The monoisotopic (exact) mass is 1020 g/mol. The third-order valence-corrected chi connectivity index (χ3v) is 16.0. The van der Waals surface area contributed by atoms with Crippen molar-refractivity contribution >= 4 is 38.7 Å². The maximum absolute atomic E-state index is 14.1. The van der Waals surface area contributed by atoms with E-state index in [-0.39, 0.29) is 47.3 Å². The summed E-state index contributed by atoms with van der Waals surface area (Å²) < 4.78 is 72.3. The molecule has 73 heavy (non-hydrogen) atoms. The van der Waals surface area contributed by atoms with Gasteiger partial charge in [0, 0.05) is 102 Å². The number of carbonyl (C=O) groups excluding carboxylic acids is 1. The number of anilines is 2. The number of amides is 1. The summed E-state index contributed by atoms with van der Waals surface area (Å²) in [5.41, 5.74) is 7.19. The number of fused-ring (bicyclic) bond motifs is 3. The fraction of sp³-hybridized carbons (Fsp3) is 0.520. The molecular weight excluding hydrogens is 963 g/mol. The van der Waals surface area contributed by atoms with E-state index in [4.69, 9.17) is 24.8 Å². The van der Waals surface area contributed by atoms with Gasteiger partial charge in [0.2, 0.25) is 34.1 Å². The molecule has 3 aliphatic rings. The van der Waals surface area contributed by atoms with E-state index in [0.717, 1.165) is 57.7 Å². The number of nitrogens with zero attached hydrogens (tertiary/aromatic N) is 12. The molecule has 0 aromatic carbocycles. The van der Waals surface area contributed by atoms with Crippen molar-refractivity contribution in [1.29, 1.82) is 0 Å². The summed E-state index contributed by atoms with van der Waals surface area (Å²) in [4.78, 5) is 29.1. The molecule has 388 valence electrons. The van der Waals surface area contributed by atoms with Crippen LogP contribution >= 0.6 is 0 Å². The largest absolute Gasteiger partial charge is 0.393 e. The van der Waals surface area contributed by atoms with Crippen molar-refractivity contribution in [2.24, 2.45) is 0 Å². The Bertz CT molecular complexity index is 3210. The maximum Gasteiger partial charge on any atom is 0.250 e. The first kappa shape index (κ1) is 50.1. The lowest BCUT2D eigenvalue weighted by Gasteiger charge is -2.34. The second kappa shape index (κ2) is 20.5. The van der Waals surface area contributed by atoms with Crippen LogP contribution < -0.4 is 10.6 Å². The van der Waals surface area contributed by atoms with Gasteiger partial charge in [-0.25, -0.2) is 41.2 Å². The molecule has 0 spiro atoms. The van der Waals surface area contributed by atoms with Crippen molar-refractivity contribution < 1.29 is 36.6 Å². The lowest BCUT2D eigenvalue weighted by atomic mass is 9.85. The standard InChI is InChI=1S/C50H62F2N14O6S/c1-30(18-45(51)52)58-48-54-25-43-38(20-41(65(43)60-48)32-6-10-37(67)11-7-32)34-9-13-46(53-22-34)73(69,70)29-63-40-12-8-33(19-35(40)23-56-63)42-21-39(44-26-55-49(61-66(42)44)59-31(2)28-71-5)36-24-57-64(27-36)50(3,4)47(68)62-14-16-72-17-15-62/h9,13,20-27,30-33,37,45,67H,6-8,10-12,14-19,28-29H2,1-5H3,(H,58,60)(H,59,61)/t30-,31-,32-,33?,37-/m0/s1. The fourth-order valence-electron chi connectivity index (χ4n) is 10.6. The zero-order valence-electron chi connectivity index (χ0n) is 41.7. The summed E-state index contributed by atoms with van der Waals surface area (Å²) in [6.07, 6.45) is 11.8. The zero-order chi connectivity index (χ0) is 51.2. The number of aliphatic hydroxyl groups excluding tert-OH is 1. The molecule has 7 aromatic rings. The summed E-state index contributed by atoms with van der Waals surface area (Å²) in [6, 6.07) is 6.73. The van der Waals surface area contributed by atoms with Crippen molar-refractivity contribution in [2.75, 3.05) is 50.7 Å². The van der Waals surface area contributed by atoms with Gasteiger partial charge in [-0.2, -0.15) is 10.2 Å². The minimum atomic E-state index is -3.96. The highest BCUT2D eigenvalue weighted by atomic mass is 32.2. The molecule has 3 N–H and O–H groups in total. The number of sulfone groups is 1. The molecular formula is C50H62F2N14O6S. The van der Waals surface area contributed by atoms with Gasteiger partial charge in [-0.3, -0.25) is 14.2 Å². The number of ether oxygens (including phenoxy) is 2. The number of alkyl halides is 2. The Morgan fingerprint density at radius 1 is 0.849 bits per heavy atom. The van der Waals surface area contributed by atoms with Crippen LogP contribution in [0.15, 0.2) is 66.5 Å². The maximum atomic E-state index is 14.1. The van der Waals surface area contributed by atoms with Crippen molar-refractivity contribution in [1.82, 2.24) is 58.6 Å². The number of hydrogen-bond donors (Lipinski definition) is 3. The molecule has 23 heteroatoms. The molecule has 8 heterocycles. The molecule has 2 aliphatic carbocycles. The molecule has 0 bridgehead atoms. The van der Waals surface area contributed by atoms with Gasteiger partial charge in [0.15, 0.2) is 5.03 Å². The van der Waals surface area contributed by atoms with Gasteiger partial charge in [-0.05, 0) is 102 Å². The second-order valence-electron chi connectivity index (χ2n) is 20.2. The highest BCUT2D eigenvalue weighted by Gasteiger charge is 2.36. The van der Waals surface area contributed by atoms with Gasteiger partial charge < -0.3 is 30.1 Å². The van der Waals surface area contributed by atoms with Gasteiger partial charge in [0.05, 0.1) is 61.7 Å². The zero-order valence-corrected chi connectivity index (χ0v) is 42.5. The molecule has 1 unspecified atom stereocenters. The number of methoxy groups -OCH3 is 1. The van der Waals surface area contributed by atoms with Crippen LogP contribution in [0.1, 0.15) is 101 Å². The number of pyridine rings is 1. The summed E-state index contributed by atoms with van der Waals surface area (Å²) >= 11 is 0. The first-order valence-electron chi connectivity index (χ1n) is 25.0. The Morgan fingerprint density at radius 2 is 1.51 bits per heavy atom. The molecule has 1 saturated heterocycles. The minimum absolute atomic E-state index is 0.0105. The van der Waals surface area contributed by atoms with Gasteiger partial charge in [0.25, 0.3) is 0 Å². The topological polar surface area (TPSA) is 226 Å². The number of halogens is 2. The van der Waals surface area contributed by atoms with Gasteiger partial charge in [0.1, 0.15) is 11.4 Å². The van der Waals surface area contributed by atoms with Crippen LogP contribution in [0.2, 0.25) is 0 Å². The SMILES string of the molecule is COC[C@H](C)Nc1ncc2c(-c3cnn(C(C)(C)C(=O)N4CCOCC4)c3)cc(C3CCc4c(cnn4CS(=O)(=O)c4ccc(-c5cc([C@H]6CC[C@H](O)CC6)n6nc(N[C@@H](C)CC(F)F)ncc56)cn4)C3)n2n1. The summed E-state index contributed by atoms with van der Waals surface area (Å²) in [7, 11) is -2.32. The van der Waals surface area contributed by atoms with Crippen LogP contribution in [0.5, 0.6) is 0 Å². The molecule has 1 aliphatic heterocycles. The van der Waals surface area contributed by atoms with Crippen molar-refractivity contribution in [3.8, 4) is 22.3 Å². The molecule has 1 amide bonds. The Hall–Kier alpha value is -6.43. The van der Waals surface area contributed by atoms with Crippen molar-refractivity contribution in [3.05, 3.63) is 84.1 Å². The van der Waals surface area contributed by atoms with Crippen LogP contribution in [-0.4, -0.2) is 143 Å². The molecule has 0 radical (unpaired) electrons. The first-order valence-corrected chi connectivity index (χ1v) is 26.6. The van der Waals surface area contributed by atoms with E-state index in [1.807, 2.05) is 42.4 Å². The molecule has 3 atom stereocenters. The van der Waals surface area contributed by atoms with E-state index in [1.165, 1.54) is 12.3 Å². The summed E-state index contributed by atoms with van der Waals surface area (Å²) in [6.45, 7) is 9.91. The molecule has 7 aromatic heterocycles. The number of carbonyl (C=O) groups is 1. The van der Waals surface area contributed by atoms with Gasteiger partial charge in [-0.1, -0.05) is 0 Å². The van der Waals surface area contributed by atoms with Gasteiger partial charge in [-0.15, -0.1) is 10.2 Å². The quantitative estimate of drug-likeness (QED) is 0.0935. The lowest BCUT2D eigenvalue weighted by Crippen LogP contribution is -2.51. The van der Waals surface area contributed by atoms with Crippen LogP contribution in [0.3, 0.4) is 0 Å². The smallest absolute Gasteiger partial charge is 0.250 e. The molecule has 10 rings (SSSR count). The number of morpholine rings is 1. The normalized spacial score (nSPS) is 19.6. The van der Waals surface area contributed by atoms with Crippen LogP contribution in [0.25, 0.3) is 33.3 Å². The summed E-state index contributed by atoms with van der Waals surface area (Å²) in [5, 5.41) is 35.5.